The minimum absolute atomic E-state index is 0.00935. The van der Waals surface area contributed by atoms with E-state index in [9.17, 15) is 19.7 Å². The molecule has 0 aliphatic heterocycles. The molecule has 1 heterocycles. The van der Waals surface area contributed by atoms with E-state index in [4.69, 9.17) is 9.15 Å². The fraction of sp³-hybridized carbons (Fsp3) is 0.238. The Labute approximate surface area is 170 Å². The molecule has 1 atom stereocenters. The molecule has 0 bridgehead atoms. The summed E-state index contributed by atoms with van der Waals surface area (Å²) < 4.78 is 10.7. The molecule has 0 N–H and O–H groups in total. The summed E-state index contributed by atoms with van der Waals surface area (Å²) in [5.74, 6) is -0.446. The van der Waals surface area contributed by atoms with Gasteiger partial charge in [-0.15, -0.1) is 11.8 Å². The third-order valence-corrected chi connectivity index (χ3v) is 5.67. The molecule has 0 aliphatic carbocycles. The Morgan fingerprint density at radius 3 is 2.55 bits per heavy atom. The largest absolute Gasteiger partial charge is 0.460 e. The highest BCUT2D eigenvalue weighted by atomic mass is 32.2. The van der Waals surface area contributed by atoms with Gasteiger partial charge in [-0.05, 0) is 44.0 Å². The van der Waals surface area contributed by atoms with E-state index in [0.717, 1.165) is 21.4 Å². The molecule has 0 fully saturated rings. The van der Waals surface area contributed by atoms with Crippen molar-refractivity contribution in [3.63, 3.8) is 0 Å². The Bertz CT molecular complexity index is 1140. The van der Waals surface area contributed by atoms with Crippen LogP contribution in [0.3, 0.4) is 0 Å². The first-order valence-electron chi connectivity index (χ1n) is 8.87. The third-order valence-electron chi connectivity index (χ3n) is 4.58. The van der Waals surface area contributed by atoms with Gasteiger partial charge >= 0.3 is 11.6 Å². The van der Waals surface area contributed by atoms with Gasteiger partial charge in [0, 0.05) is 34.0 Å². The average Bonchev–Trinajstić information content (AvgIpc) is 2.69. The zero-order valence-electron chi connectivity index (χ0n) is 16.1. The SMILES string of the molecule is Cc1ccc2c(COC(=O)[C@H](C)Sc3ccc([N+](=O)[O-])cc3)cc(=O)oc2c1C. The number of hydrogen-bond acceptors (Lipinski definition) is 7. The first-order chi connectivity index (χ1) is 13.8. The Morgan fingerprint density at radius 1 is 1.21 bits per heavy atom. The second kappa shape index (κ2) is 8.48. The van der Waals surface area contributed by atoms with E-state index in [1.165, 1.54) is 30.0 Å². The lowest BCUT2D eigenvalue weighted by molar-refractivity contribution is -0.384. The number of thioether (sulfide) groups is 1. The molecular formula is C21H19NO6S. The van der Waals surface area contributed by atoms with Crippen LogP contribution < -0.4 is 5.63 Å². The highest BCUT2D eigenvalue weighted by Gasteiger charge is 2.18. The van der Waals surface area contributed by atoms with Crippen molar-refractivity contribution < 1.29 is 18.9 Å². The second-order valence-electron chi connectivity index (χ2n) is 6.59. The lowest BCUT2D eigenvalue weighted by atomic mass is 10.0. The summed E-state index contributed by atoms with van der Waals surface area (Å²) in [6.07, 6.45) is 0. The molecule has 0 amide bonds. The van der Waals surface area contributed by atoms with Crippen molar-refractivity contribution in [1.82, 2.24) is 0 Å². The topological polar surface area (TPSA) is 99.6 Å². The molecule has 29 heavy (non-hydrogen) atoms. The van der Waals surface area contributed by atoms with Gasteiger partial charge in [0.15, 0.2) is 0 Å². The molecule has 2 aromatic carbocycles. The monoisotopic (exact) mass is 413 g/mol. The number of nitrogens with zero attached hydrogens (tertiary/aromatic N) is 1. The fourth-order valence-corrected chi connectivity index (χ4v) is 3.67. The van der Waals surface area contributed by atoms with E-state index in [0.29, 0.717) is 11.1 Å². The molecule has 0 radical (unpaired) electrons. The minimum Gasteiger partial charge on any atom is -0.460 e. The van der Waals surface area contributed by atoms with E-state index >= 15 is 0 Å². The van der Waals surface area contributed by atoms with Crippen LogP contribution in [0.25, 0.3) is 11.0 Å². The van der Waals surface area contributed by atoms with Crippen LogP contribution in [0.2, 0.25) is 0 Å². The van der Waals surface area contributed by atoms with Crippen molar-refractivity contribution in [1.29, 1.82) is 0 Å². The Morgan fingerprint density at radius 2 is 1.90 bits per heavy atom. The van der Waals surface area contributed by atoms with Gasteiger partial charge in [0.25, 0.3) is 5.69 Å². The smallest absolute Gasteiger partial charge is 0.336 e. The molecule has 1 aromatic heterocycles. The molecule has 3 rings (SSSR count). The molecule has 0 aliphatic rings. The number of esters is 1. The Balaban J connectivity index is 1.71. The maximum atomic E-state index is 12.4. The molecule has 0 spiro atoms. The van der Waals surface area contributed by atoms with Crippen molar-refractivity contribution in [2.75, 3.05) is 0 Å². The van der Waals surface area contributed by atoms with E-state index in [2.05, 4.69) is 0 Å². The van der Waals surface area contributed by atoms with Crippen LogP contribution >= 0.6 is 11.8 Å². The van der Waals surface area contributed by atoms with Crippen molar-refractivity contribution in [2.24, 2.45) is 0 Å². The number of rotatable bonds is 6. The number of aryl methyl sites for hydroxylation is 2. The van der Waals surface area contributed by atoms with Crippen LogP contribution in [-0.4, -0.2) is 16.1 Å². The summed E-state index contributed by atoms with van der Waals surface area (Å²) in [6.45, 7) is 5.45. The third kappa shape index (κ3) is 4.65. The number of nitro groups is 1. The standard InChI is InChI=1S/C21H19NO6S/c1-12-4-9-18-15(10-19(23)28-20(18)13(12)2)11-27-21(24)14(3)29-17-7-5-16(6-8-17)22(25)26/h4-10,14H,11H2,1-3H3/t14-/m0/s1. The van der Waals surface area contributed by atoms with Crippen LogP contribution in [0, 0.1) is 24.0 Å². The predicted molar refractivity (Wildman–Crippen MR) is 110 cm³/mol. The van der Waals surface area contributed by atoms with Crippen molar-refractivity contribution in [2.45, 2.75) is 37.5 Å². The van der Waals surface area contributed by atoms with Crippen LogP contribution in [0.15, 0.2) is 56.6 Å². The maximum Gasteiger partial charge on any atom is 0.336 e. The fourth-order valence-electron chi connectivity index (χ4n) is 2.81. The van der Waals surface area contributed by atoms with Gasteiger partial charge in [-0.2, -0.15) is 0 Å². The summed E-state index contributed by atoms with van der Waals surface area (Å²) in [5, 5.41) is 10.9. The van der Waals surface area contributed by atoms with Gasteiger partial charge < -0.3 is 9.15 Å². The number of non-ortho nitro benzene ring substituents is 1. The lowest BCUT2D eigenvalue weighted by Gasteiger charge is -2.13. The van der Waals surface area contributed by atoms with Crippen LogP contribution in [0.4, 0.5) is 5.69 Å². The molecule has 7 nitrogen and oxygen atoms in total. The number of carbonyl (C=O) groups excluding carboxylic acids is 1. The van der Waals surface area contributed by atoms with Crippen LogP contribution in [0.5, 0.6) is 0 Å². The summed E-state index contributed by atoms with van der Waals surface area (Å²) in [6, 6.07) is 11.1. The molecular weight excluding hydrogens is 394 g/mol. The van der Waals surface area contributed by atoms with E-state index in [1.54, 1.807) is 19.1 Å². The lowest BCUT2D eigenvalue weighted by Crippen LogP contribution is -2.17. The van der Waals surface area contributed by atoms with Gasteiger partial charge in [0.1, 0.15) is 17.4 Å². The predicted octanol–water partition coefficient (Wildman–Crippen LogP) is 4.54. The summed E-state index contributed by atoms with van der Waals surface area (Å²) >= 11 is 1.24. The zero-order chi connectivity index (χ0) is 21.1. The Kier molecular flexibility index (Phi) is 6.03. The van der Waals surface area contributed by atoms with E-state index < -0.39 is 21.8 Å². The number of fused-ring (bicyclic) bond motifs is 1. The highest BCUT2D eigenvalue weighted by Crippen LogP contribution is 2.27. The normalized spacial score (nSPS) is 12.0. The average molecular weight is 413 g/mol. The van der Waals surface area contributed by atoms with Gasteiger partial charge in [-0.25, -0.2) is 4.79 Å². The number of benzene rings is 2. The van der Waals surface area contributed by atoms with Gasteiger partial charge in [-0.1, -0.05) is 12.1 Å². The van der Waals surface area contributed by atoms with Crippen molar-refractivity contribution in [3.8, 4) is 0 Å². The van der Waals surface area contributed by atoms with Gasteiger partial charge in [0.05, 0.1) is 4.92 Å². The number of nitro benzene ring substituents is 1. The molecule has 8 heteroatoms. The van der Waals surface area contributed by atoms with Crippen molar-refractivity contribution >= 4 is 34.4 Å². The van der Waals surface area contributed by atoms with Gasteiger partial charge in [0.2, 0.25) is 0 Å². The van der Waals surface area contributed by atoms with Crippen molar-refractivity contribution in [3.05, 3.63) is 79.7 Å². The van der Waals surface area contributed by atoms with Crippen LogP contribution in [0.1, 0.15) is 23.6 Å². The molecule has 0 unspecified atom stereocenters. The number of hydrogen-bond donors (Lipinski definition) is 0. The van der Waals surface area contributed by atoms with Crippen LogP contribution in [-0.2, 0) is 16.1 Å². The molecule has 0 saturated heterocycles. The first-order valence-corrected chi connectivity index (χ1v) is 9.75. The summed E-state index contributed by atoms with van der Waals surface area (Å²) in [5.41, 5.74) is 2.45. The number of ether oxygens (including phenoxy) is 1. The Hall–Kier alpha value is -3.13. The highest BCUT2D eigenvalue weighted by molar-refractivity contribution is 8.00. The second-order valence-corrected chi connectivity index (χ2v) is 8.01. The molecule has 150 valence electrons. The zero-order valence-corrected chi connectivity index (χ0v) is 16.9. The minimum atomic E-state index is -0.521. The molecule has 3 aromatic rings. The van der Waals surface area contributed by atoms with Gasteiger partial charge in [-0.3, -0.25) is 14.9 Å². The first kappa shape index (κ1) is 20.6. The van der Waals surface area contributed by atoms with E-state index in [-0.39, 0.29) is 12.3 Å². The molecule has 0 saturated carbocycles. The summed E-state index contributed by atoms with van der Waals surface area (Å²) in [4.78, 5) is 35.2. The number of carbonyl (C=O) groups is 1. The summed E-state index contributed by atoms with van der Waals surface area (Å²) in [7, 11) is 0. The van der Waals surface area contributed by atoms with E-state index in [1.807, 2.05) is 26.0 Å². The quantitative estimate of drug-likeness (QED) is 0.192. The maximum absolute atomic E-state index is 12.4.